The number of hydrazone groups is 1. The van der Waals surface area contributed by atoms with Gasteiger partial charge in [0, 0.05) is 4.47 Å². The Bertz CT molecular complexity index is 1120. The number of amides is 1. The summed E-state index contributed by atoms with van der Waals surface area (Å²) in [5, 5.41) is 3.97. The van der Waals surface area contributed by atoms with Crippen molar-refractivity contribution in [1.29, 1.82) is 0 Å². The maximum absolute atomic E-state index is 13.0. The molecule has 0 fully saturated rings. The minimum atomic E-state index is -0.632. The van der Waals surface area contributed by atoms with Crippen molar-refractivity contribution in [3.05, 3.63) is 93.7 Å². The van der Waals surface area contributed by atoms with Crippen LogP contribution in [-0.2, 0) is 11.2 Å². The molecular formula is C24H20BrFN2O4. The van der Waals surface area contributed by atoms with Gasteiger partial charge >= 0.3 is 5.97 Å². The van der Waals surface area contributed by atoms with Crippen molar-refractivity contribution < 1.29 is 23.5 Å². The quantitative estimate of drug-likeness (QED) is 0.207. The van der Waals surface area contributed by atoms with Crippen LogP contribution in [0.3, 0.4) is 0 Å². The lowest BCUT2D eigenvalue weighted by Crippen LogP contribution is -2.19. The lowest BCUT2D eigenvalue weighted by Gasteiger charge is -2.11. The monoisotopic (exact) mass is 498 g/mol. The number of rotatable bonds is 8. The Morgan fingerprint density at radius 2 is 1.75 bits per heavy atom. The molecule has 0 saturated carbocycles. The molecule has 0 aromatic heterocycles. The van der Waals surface area contributed by atoms with Gasteiger partial charge in [0.25, 0.3) is 0 Å². The Labute approximate surface area is 193 Å². The van der Waals surface area contributed by atoms with Crippen molar-refractivity contribution in [1.82, 2.24) is 5.43 Å². The van der Waals surface area contributed by atoms with E-state index < -0.39 is 11.8 Å². The number of benzene rings is 3. The highest BCUT2D eigenvalue weighted by molar-refractivity contribution is 9.10. The summed E-state index contributed by atoms with van der Waals surface area (Å²) in [6, 6.07) is 17.4. The summed E-state index contributed by atoms with van der Waals surface area (Å²) in [7, 11) is 0. The van der Waals surface area contributed by atoms with Gasteiger partial charge in [-0.1, -0.05) is 28.1 Å². The summed E-state index contributed by atoms with van der Waals surface area (Å²) in [6.07, 6.45) is 1.67. The van der Waals surface area contributed by atoms with Crippen LogP contribution >= 0.6 is 15.9 Å². The van der Waals surface area contributed by atoms with Gasteiger partial charge in [-0.2, -0.15) is 5.10 Å². The van der Waals surface area contributed by atoms with E-state index in [2.05, 4.69) is 26.5 Å². The zero-order valence-corrected chi connectivity index (χ0v) is 18.8. The van der Waals surface area contributed by atoms with E-state index in [0.717, 1.165) is 10.0 Å². The van der Waals surface area contributed by atoms with Crippen LogP contribution in [-0.4, -0.2) is 24.7 Å². The predicted octanol–water partition coefficient (Wildman–Crippen LogP) is 4.90. The van der Waals surface area contributed by atoms with Gasteiger partial charge in [-0.05, 0) is 72.6 Å². The summed E-state index contributed by atoms with van der Waals surface area (Å²) in [5.41, 5.74) is 4.20. The Balaban J connectivity index is 1.64. The Hall–Kier alpha value is -3.52. The van der Waals surface area contributed by atoms with Crippen LogP contribution in [0.15, 0.2) is 76.3 Å². The molecule has 1 N–H and O–H groups in total. The number of halogens is 2. The van der Waals surface area contributed by atoms with E-state index in [1.165, 1.54) is 30.5 Å². The molecule has 0 saturated heterocycles. The second kappa shape index (κ2) is 11.2. The second-order valence-corrected chi connectivity index (χ2v) is 7.55. The minimum absolute atomic E-state index is 0.201. The van der Waals surface area contributed by atoms with Gasteiger partial charge < -0.3 is 9.47 Å². The second-order valence-electron chi connectivity index (χ2n) is 6.63. The highest BCUT2D eigenvalue weighted by atomic mass is 79.9. The van der Waals surface area contributed by atoms with E-state index in [0.29, 0.717) is 17.9 Å². The average Bonchev–Trinajstić information content (AvgIpc) is 2.77. The fourth-order valence-corrected chi connectivity index (χ4v) is 2.97. The van der Waals surface area contributed by atoms with Crippen molar-refractivity contribution in [3.63, 3.8) is 0 Å². The molecular weight excluding hydrogens is 479 g/mol. The molecule has 3 rings (SSSR count). The van der Waals surface area contributed by atoms with Crippen molar-refractivity contribution in [2.45, 2.75) is 13.3 Å². The minimum Gasteiger partial charge on any atom is -0.490 e. The highest BCUT2D eigenvalue weighted by Crippen LogP contribution is 2.29. The first-order valence-corrected chi connectivity index (χ1v) is 10.5. The van der Waals surface area contributed by atoms with Gasteiger partial charge in [0.15, 0.2) is 11.5 Å². The molecule has 32 heavy (non-hydrogen) atoms. The number of hydrogen-bond acceptors (Lipinski definition) is 5. The van der Waals surface area contributed by atoms with Crippen molar-refractivity contribution >= 4 is 34.0 Å². The van der Waals surface area contributed by atoms with E-state index in [1.54, 1.807) is 25.1 Å². The van der Waals surface area contributed by atoms with E-state index >= 15 is 0 Å². The molecule has 3 aromatic rings. The van der Waals surface area contributed by atoms with E-state index in [9.17, 15) is 14.0 Å². The molecule has 8 heteroatoms. The number of nitrogens with zero attached hydrogens (tertiary/aromatic N) is 1. The molecule has 0 spiro atoms. The fraction of sp³-hybridized carbons (Fsp3) is 0.125. The molecule has 0 bridgehead atoms. The van der Waals surface area contributed by atoms with E-state index in [-0.39, 0.29) is 23.6 Å². The van der Waals surface area contributed by atoms with Crippen molar-refractivity contribution in [2.75, 3.05) is 6.61 Å². The number of ether oxygens (including phenoxy) is 2. The van der Waals surface area contributed by atoms with E-state index in [4.69, 9.17) is 9.47 Å². The van der Waals surface area contributed by atoms with Gasteiger partial charge in [-0.25, -0.2) is 14.6 Å². The summed E-state index contributed by atoms with van der Waals surface area (Å²) < 4.78 is 24.9. The van der Waals surface area contributed by atoms with Crippen LogP contribution in [0.25, 0.3) is 0 Å². The van der Waals surface area contributed by atoms with Crippen LogP contribution in [0.5, 0.6) is 11.5 Å². The van der Waals surface area contributed by atoms with Gasteiger partial charge in [-0.15, -0.1) is 0 Å². The smallest absolute Gasteiger partial charge is 0.343 e. The van der Waals surface area contributed by atoms with Crippen LogP contribution in [0.4, 0.5) is 4.39 Å². The molecule has 6 nitrogen and oxygen atoms in total. The standard InChI is InChI=1S/C24H20BrFN2O4/c1-2-31-22-13-17(15-27-28-23(29)14-16-3-8-19(25)9-4-16)5-12-21(22)32-24(30)18-6-10-20(26)11-7-18/h3-13,15H,2,14H2,1H3,(H,28,29)/b27-15+. The lowest BCUT2D eigenvalue weighted by atomic mass is 10.1. The number of hydrogen-bond donors (Lipinski definition) is 1. The highest BCUT2D eigenvalue weighted by Gasteiger charge is 2.13. The van der Waals surface area contributed by atoms with Crippen LogP contribution in [0.1, 0.15) is 28.4 Å². The fourth-order valence-electron chi connectivity index (χ4n) is 2.71. The first-order valence-electron chi connectivity index (χ1n) is 9.75. The summed E-state index contributed by atoms with van der Waals surface area (Å²) >= 11 is 3.35. The molecule has 0 aliphatic carbocycles. The Morgan fingerprint density at radius 1 is 1.03 bits per heavy atom. The number of esters is 1. The first kappa shape index (κ1) is 23.1. The van der Waals surface area contributed by atoms with Crippen LogP contribution in [0.2, 0.25) is 0 Å². The van der Waals surface area contributed by atoms with Crippen LogP contribution in [0, 0.1) is 5.82 Å². The number of nitrogens with one attached hydrogen (secondary N) is 1. The molecule has 1 amide bonds. The summed E-state index contributed by atoms with van der Waals surface area (Å²) in [6.45, 7) is 2.15. The van der Waals surface area contributed by atoms with Gasteiger partial charge in [-0.3, -0.25) is 4.79 Å². The molecule has 3 aromatic carbocycles. The predicted molar refractivity (Wildman–Crippen MR) is 123 cm³/mol. The van der Waals surface area contributed by atoms with Crippen molar-refractivity contribution in [3.8, 4) is 11.5 Å². The number of carbonyl (C=O) groups excluding carboxylic acids is 2. The zero-order valence-electron chi connectivity index (χ0n) is 17.2. The summed E-state index contributed by atoms with van der Waals surface area (Å²) in [5.74, 6) is -0.763. The van der Waals surface area contributed by atoms with E-state index in [1.807, 2.05) is 24.3 Å². The third-order valence-electron chi connectivity index (χ3n) is 4.23. The Kier molecular flexibility index (Phi) is 8.10. The van der Waals surface area contributed by atoms with Crippen molar-refractivity contribution in [2.24, 2.45) is 5.10 Å². The first-order chi connectivity index (χ1) is 15.4. The lowest BCUT2D eigenvalue weighted by molar-refractivity contribution is -0.120. The maximum atomic E-state index is 13.0. The molecule has 0 aliphatic heterocycles. The SMILES string of the molecule is CCOc1cc(/C=N/NC(=O)Cc2ccc(Br)cc2)ccc1OC(=O)c1ccc(F)cc1. The third-order valence-corrected chi connectivity index (χ3v) is 4.76. The molecule has 0 radical (unpaired) electrons. The normalized spacial score (nSPS) is 10.7. The third kappa shape index (κ3) is 6.75. The maximum Gasteiger partial charge on any atom is 0.343 e. The largest absolute Gasteiger partial charge is 0.490 e. The topological polar surface area (TPSA) is 77.0 Å². The van der Waals surface area contributed by atoms with Gasteiger partial charge in [0.05, 0.1) is 24.8 Å². The van der Waals surface area contributed by atoms with Gasteiger partial charge in [0.1, 0.15) is 5.82 Å². The van der Waals surface area contributed by atoms with Gasteiger partial charge in [0.2, 0.25) is 5.91 Å². The number of carbonyl (C=O) groups is 2. The zero-order chi connectivity index (χ0) is 22.9. The molecule has 164 valence electrons. The molecule has 0 atom stereocenters. The summed E-state index contributed by atoms with van der Waals surface area (Å²) in [4.78, 5) is 24.4. The molecule has 0 aliphatic rings. The van der Waals surface area contributed by atoms with Crippen LogP contribution < -0.4 is 14.9 Å². The Morgan fingerprint density at radius 3 is 2.44 bits per heavy atom. The molecule has 0 unspecified atom stereocenters. The average molecular weight is 499 g/mol. The molecule has 0 heterocycles.